The monoisotopic (exact) mass is 311 g/mol. The van der Waals surface area contributed by atoms with Crippen LogP contribution in [0.2, 0.25) is 5.02 Å². The SMILES string of the molecule is CCC1SC(=S)C(C#N)=C(c2ccc(Cl)cc2)S1. The summed E-state index contributed by atoms with van der Waals surface area (Å²) in [4.78, 5) is 0.977. The van der Waals surface area contributed by atoms with Gasteiger partial charge in [0.15, 0.2) is 0 Å². The Balaban J connectivity index is 2.47. The molecule has 1 unspecified atom stereocenters. The van der Waals surface area contributed by atoms with E-state index in [1.54, 1.807) is 23.5 Å². The lowest BCUT2D eigenvalue weighted by Gasteiger charge is -2.23. The molecule has 0 aromatic heterocycles. The first-order valence-corrected chi connectivity index (χ1v) is 7.98. The molecule has 1 atom stereocenters. The van der Waals surface area contributed by atoms with E-state index in [-0.39, 0.29) is 0 Å². The predicted molar refractivity (Wildman–Crippen MR) is 85.8 cm³/mol. The van der Waals surface area contributed by atoms with Gasteiger partial charge in [0.05, 0.1) is 14.4 Å². The minimum atomic E-state index is 0.389. The molecule has 18 heavy (non-hydrogen) atoms. The van der Waals surface area contributed by atoms with Gasteiger partial charge in [-0.3, -0.25) is 0 Å². The molecule has 0 N–H and O–H groups in total. The Bertz CT molecular complexity index is 542. The van der Waals surface area contributed by atoms with Crippen molar-refractivity contribution in [2.75, 3.05) is 0 Å². The van der Waals surface area contributed by atoms with E-state index < -0.39 is 0 Å². The van der Waals surface area contributed by atoms with Gasteiger partial charge in [0.1, 0.15) is 6.07 Å². The fourth-order valence-electron chi connectivity index (χ4n) is 1.56. The molecule has 1 aliphatic rings. The molecule has 1 aliphatic heterocycles. The quantitative estimate of drug-likeness (QED) is 0.707. The lowest BCUT2D eigenvalue weighted by Crippen LogP contribution is -2.10. The van der Waals surface area contributed by atoms with Crippen molar-refractivity contribution in [2.24, 2.45) is 0 Å². The van der Waals surface area contributed by atoms with Gasteiger partial charge in [-0.05, 0) is 24.1 Å². The minimum absolute atomic E-state index is 0.389. The van der Waals surface area contributed by atoms with E-state index in [9.17, 15) is 5.26 Å². The summed E-state index contributed by atoms with van der Waals surface area (Å²) in [5, 5.41) is 9.96. The highest BCUT2D eigenvalue weighted by Gasteiger charge is 2.26. The largest absolute Gasteiger partial charge is 0.192 e. The fourth-order valence-corrected chi connectivity index (χ4v) is 4.90. The lowest BCUT2D eigenvalue weighted by atomic mass is 10.1. The van der Waals surface area contributed by atoms with Gasteiger partial charge in [0, 0.05) is 9.93 Å². The zero-order valence-electron chi connectivity index (χ0n) is 9.64. The van der Waals surface area contributed by atoms with E-state index in [1.165, 1.54) is 0 Å². The van der Waals surface area contributed by atoms with E-state index in [1.807, 2.05) is 24.3 Å². The third-order valence-corrected chi connectivity index (χ3v) is 6.08. The number of nitrogens with zero attached hydrogens (tertiary/aromatic N) is 1. The van der Waals surface area contributed by atoms with Crippen molar-refractivity contribution < 1.29 is 0 Å². The maximum absolute atomic E-state index is 9.26. The van der Waals surface area contributed by atoms with Crippen LogP contribution in [0.3, 0.4) is 0 Å². The van der Waals surface area contributed by atoms with E-state index >= 15 is 0 Å². The zero-order chi connectivity index (χ0) is 13.1. The van der Waals surface area contributed by atoms with E-state index in [0.29, 0.717) is 19.4 Å². The number of thioether (sulfide) groups is 2. The maximum Gasteiger partial charge on any atom is 0.102 e. The summed E-state index contributed by atoms with van der Waals surface area (Å²) >= 11 is 14.5. The second-order valence-electron chi connectivity index (χ2n) is 3.68. The van der Waals surface area contributed by atoms with Crippen molar-refractivity contribution in [1.29, 1.82) is 5.26 Å². The standard InChI is InChI=1S/C13H10ClNS3/c1-2-11-17-12(10(7-15)13(16)18-11)8-3-5-9(14)6-4-8/h3-6,11H,2H2,1H3. The summed E-state index contributed by atoms with van der Waals surface area (Å²) in [5.74, 6) is 0. The minimum Gasteiger partial charge on any atom is -0.192 e. The molecule has 5 heteroatoms. The first kappa shape index (κ1) is 14.0. The summed E-state index contributed by atoms with van der Waals surface area (Å²) in [6.45, 7) is 2.13. The Morgan fingerprint density at radius 3 is 2.56 bits per heavy atom. The third-order valence-electron chi connectivity index (χ3n) is 2.47. The molecule has 0 amide bonds. The second-order valence-corrected chi connectivity index (χ2v) is 7.51. The molecular weight excluding hydrogens is 302 g/mol. The van der Waals surface area contributed by atoms with Crippen LogP contribution >= 0.6 is 47.3 Å². The molecule has 0 aliphatic carbocycles. The Morgan fingerprint density at radius 1 is 1.33 bits per heavy atom. The van der Waals surface area contributed by atoms with Crippen LogP contribution in [-0.2, 0) is 0 Å². The van der Waals surface area contributed by atoms with Gasteiger partial charge in [-0.25, -0.2) is 0 Å². The van der Waals surface area contributed by atoms with E-state index in [0.717, 1.165) is 16.9 Å². The Hall–Kier alpha value is -0.470. The second kappa shape index (κ2) is 6.12. The molecule has 0 spiro atoms. The van der Waals surface area contributed by atoms with Gasteiger partial charge in [0.2, 0.25) is 0 Å². The van der Waals surface area contributed by atoms with Gasteiger partial charge in [-0.1, -0.05) is 54.6 Å². The average Bonchev–Trinajstić information content (AvgIpc) is 2.38. The smallest absolute Gasteiger partial charge is 0.102 e. The summed E-state index contributed by atoms with van der Waals surface area (Å²) < 4.78 is 1.09. The first-order chi connectivity index (χ1) is 8.65. The summed E-state index contributed by atoms with van der Waals surface area (Å²) in [6, 6.07) is 9.78. The number of thiocarbonyl (C=S) groups is 1. The van der Waals surface area contributed by atoms with Gasteiger partial charge in [0.25, 0.3) is 0 Å². The number of benzene rings is 1. The molecule has 1 aromatic rings. The molecule has 0 radical (unpaired) electrons. The van der Waals surface area contributed by atoms with Crippen LogP contribution in [-0.4, -0.2) is 8.78 Å². The van der Waals surface area contributed by atoms with Gasteiger partial charge in [-0.15, -0.1) is 11.8 Å². The first-order valence-electron chi connectivity index (χ1n) is 5.43. The van der Waals surface area contributed by atoms with Crippen LogP contribution in [0.4, 0.5) is 0 Å². The molecule has 1 nitrogen and oxygen atoms in total. The van der Waals surface area contributed by atoms with Gasteiger partial charge in [-0.2, -0.15) is 5.26 Å². The molecule has 0 saturated heterocycles. The predicted octanol–water partition coefficient (Wildman–Crippen LogP) is 5.12. The normalized spacial score (nSPS) is 19.8. The Kier molecular flexibility index (Phi) is 4.74. The summed E-state index contributed by atoms with van der Waals surface area (Å²) in [6.07, 6.45) is 1.02. The average molecular weight is 312 g/mol. The van der Waals surface area contributed by atoms with E-state index in [4.69, 9.17) is 23.8 Å². The van der Waals surface area contributed by atoms with Crippen molar-refractivity contribution in [3.63, 3.8) is 0 Å². The van der Waals surface area contributed by atoms with Crippen LogP contribution in [0.1, 0.15) is 18.9 Å². The number of hydrogen-bond acceptors (Lipinski definition) is 4. The Morgan fingerprint density at radius 2 is 2.00 bits per heavy atom. The summed E-state index contributed by atoms with van der Waals surface area (Å²) in [7, 11) is 0. The molecule has 1 heterocycles. The van der Waals surface area contributed by atoms with Crippen LogP contribution in [0.15, 0.2) is 29.8 Å². The molecule has 2 rings (SSSR count). The van der Waals surface area contributed by atoms with Crippen molar-refractivity contribution >= 4 is 56.4 Å². The Labute approximate surface area is 126 Å². The number of rotatable bonds is 2. The number of halogens is 1. The third kappa shape index (κ3) is 2.92. The highest BCUT2D eigenvalue weighted by molar-refractivity contribution is 8.33. The highest BCUT2D eigenvalue weighted by atomic mass is 35.5. The molecule has 92 valence electrons. The van der Waals surface area contributed by atoms with Crippen LogP contribution < -0.4 is 0 Å². The molecule has 0 fully saturated rings. The maximum atomic E-state index is 9.26. The molecule has 0 saturated carbocycles. The van der Waals surface area contributed by atoms with E-state index in [2.05, 4.69) is 13.0 Å². The van der Waals surface area contributed by atoms with Crippen LogP contribution in [0.25, 0.3) is 4.91 Å². The molecule has 1 aromatic carbocycles. The van der Waals surface area contributed by atoms with Crippen molar-refractivity contribution in [3.8, 4) is 6.07 Å². The fraction of sp³-hybridized carbons (Fsp3) is 0.231. The van der Waals surface area contributed by atoms with Gasteiger partial charge < -0.3 is 0 Å². The number of hydrogen-bond donors (Lipinski definition) is 0. The van der Waals surface area contributed by atoms with Crippen molar-refractivity contribution in [3.05, 3.63) is 40.4 Å². The zero-order valence-corrected chi connectivity index (χ0v) is 12.8. The summed E-state index contributed by atoms with van der Waals surface area (Å²) in [5.41, 5.74) is 1.63. The topological polar surface area (TPSA) is 23.8 Å². The highest BCUT2D eigenvalue weighted by Crippen LogP contribution is 2.46. The van der Waals surface area contributed by atoms with Crippen LogP contribution in [0.5, 0.6) is 0 Å². The lowest BCUT2D eigenvalue weighted by molar-refractivity contribution is 1.06. The number of nitriles is 1. The van der Waals surface area contributed by atoms with Gasteiger partial charge >= 0.3 is 0 Å². The van der Waals surface area contributed by atoms with Crippen molar-refractivity contribution in [2.45, 2.75) is 17.9 Å². The molecular formula is C13H10ClNS3. The van der Waals surface area contributed by atoms with Crippen molar-refractivity contribution in [1.82, 2.24) is 0 Å². The molecule has 0 bridgehead atoms. The van der Waals surface area contributed by atoms with Crippen LogP contribution in [0, 0.1) is 11.3 Å².